The highest BCUT2D eigenvalue weighted by molar-refractivity contribution is 5.86. The maximum atomic E-state index is 12.8. The van der Waals surface area contributed by atoms with Crippen LogP contribution in [0, 0.1) is 23.7 Å². The Morgan fingerprint density at radius 3 is 2.54 bits per heavy atom. The van der Waals surface area contributed by atoms with E-state index in [9.17, 15) is 24.6 Å². The number of nitrogens with one attached hydrogen (secondary N) is 1. The molecule has 3 N–H and O–H groups in total. The van der Waals surface area contributed by atoms with E-state index in [1.807, 2.05) is 13.8 Å². The largest absolute Gasteiger partial charge is 0.480 e. The van der Waals surface area contributed by atoms with E-state index in [2.05, 4.69) is 12.2 Å². The Kier molecular flexibility index (Phi) is 7.73. The molecule has 6 rings (SSSR count). The molecule has 1 aromatic carbocycles. The molecule has 11 nitrogen and oxygen atoms in total. The molecule has 0 radical (unpaired) electrons. The van der Waals surface area contributed by atoms with Crippen LogP contribution >= 0.6 is 0 Å². The van der Waals surface area contributed by atoms with Gasteiger partial charge in [-0.1, -0.05) is 44.2 Å². The maximum absolute atomic E-state index is 12.8. The monoisotopic (exact) mass is 547 g/mol. The summed E-state index contributed by atoms with van der Waals surface area (Å²) in [4.78, 5) is 48.8. The third kappa shape index (κ3) is 5.18. The second kappa shape index (κ2) is 10.8. The standard InChI is InChI=1S/C28H37NO10/c1-15-9-10-19-16(2)25(36-26-28(19)18(15)13-14-27(3,37-26)38-39-28)35-21(31)12-11-20(30)29-22(24(33)34)23(32)17-7-5-4-6-8-17/h4-8,15-16,18-19,22-23,25-26,32H,9-14H2,1-3H3,(H,29,30)(H,33,34)/t15-,16-,18+,19+,22+,23-,25-,26-,27-,28+/m1/s1. The normalized spacial score (nSPS) is 38.6. The Bertz CT molecular complexity index is 1080. The number of carboxylic acid groups (broad SMARTS) is 1. The highest BCUT2D eigenvalue weighted by atomic mass is 17.3. The van der Waals surface area contributed by atoms with E-state index >= 15 is 0 Å². The zero-order valence-electron chi connectivity index (χ0n) is 22.4. The van der Waals surface area contributed by atoms with E-state index in [1.54, 1.807) is 30.3 Å². The molecule has 4 aliphatic heterocycles. The van der Waals surface area contributed by atoms with Crippen molar-refractivity contribution in [3.63, 3.8) is 0 Å². The van der Waals surface area contributed by atoms with Crippen molar-refractivity contribution in [2.45, 2.75) is 95.4 Å². The number of carbonyl (C=O) groups is 3. The van der Waals surface area contributed by atoms with Crippen molar-refractivity contribution in [2.24, 2.45) is 23.7 Å². The summed E-state index contributed by atoms with van der Waals surface area (Å²) in [6, 6.07) is 6.61. The molecular weight excluding hydrogens is 510 g/mol. The smallest absolute Gasteiger partial charge is 0.329 e. The van der Waals surface area contributed by atoms with E-state index in [1.165, 1.54) is 0 Å². The summed E-state index contributed by atoms with van der Waals surface area (Å²) >= 11 is 0. The molecule has 10 atom stereocenters. The number of carbonyl (C=O) groups excluding carboxylic acids is 2. The van der Waals surface area contributed by atoms with Crippen molar-refractivity contribution >= 4 is 17.8 Å². The number of aliphatic hydroxyl groups excluding tert-OH is 1. The van der Waals surface area contributed by atoms with Gasteiger partial charge in [0.1, 0.15) is 6.10 Å². The van der Waals surface area contributed by atoms with Crippen LogP contribution in [0.3, 0.4) is 0 Å². The quantitative estimate of drug-likeness (QED) is 0.327. The van der Waals surface area contributed by atoms with Crippen molar-refractivity contribution in [3.8, 4) is 0 Å². The molecule has 5 aliphatic rings. The number of rotatable bonds is 8. The number of benzene rings is 1. The summed E-state index contributed by atoms with van der Waals surface area (Å²) in [5, 5.41) is 22.3. The lowest BCUT2D eigenvalue weighted by Crippen LogP contribution is -2.70. The molecule has 1 spiro atoms. The van der Waals surface area contributed by atoms with Crippen LogP contribution in [-0.2, 0) is 38.4 Å². The number of carboxylic acids is 1. The Hall–Kier alpha value is -2.57. The zero-order chi connectivity index (χ0) is 27.9. The summed E-state index contributed by atoms with van der Waals surface area (Å²) in [6.45, 7) is 5.99. The van der Waals surface area contributed by atoms with Crippen LogP contribution in [0.1, 0.15) is 71.0 Å². The van der Waals surface area contributed by atoms with Crippen molar-refractivity contribution in [3.05, 3.63) is 35.9 Å². The van der Waals surface area contributed by atoms with Crippen LogP contribution in [0.25, 0.3) is 0 Å². The summed E-state index contributed by atoms with van der Waals surface area (Å²) < 4.78 is 18.2. The van der Waals surface area contributed by atoms with Gasteiger partial charge in [0.2, 0.25) is 18.0 Å². The fraction of sp³-hybridized carbons (Fsp3) is 0.679. The molecule has 0 unspecified atom stereocenters. The summed E-state index contributed by atoms with van der Waals surface area (Å²) in [7, 11) is 0. The lowest BCUT2D eigenvalue weighted by molar-refractivity contribution is -0.576. The van der Waals surface area contributed by atoms with Gasteiger partial charge in [0, 0.05) is 24.7 Å². The number of esters is 1. The fourth-order valence-corrected chi connectivity index (χ4v) is 6.77. The van der Waals surface area contributed by atoms with Crippen LogP contribution in [-0.4, -0.2) is 58.1 Å². The van der Waals surface area contributed by atoms with Crippen molar-refractivity contribution in [2.75, 3.05) is 0 Å². The van der Waals surface area contributed by atoms with Gasteiger partial charge < -0.3 is 29.7 Å². The summed E-state index contributed by atoms with van der Waals surface area (Å²) in [5.74, 6) is -3.33. The zero-order valence-corrected chi connectivity index (χ0v) is 22.4. The third-order valence-corrected chi connectivity index (χ3v) is 8.94. The first kappa shape index (κ1) is 28.0. The summed E-state index contributed by atoms with van der Waals surface area (Å²) in [5.41, 5.74) is -0.427. The average molecular weight is 548 g/mol. The topological polar surface area (TPSA) is 150 Å². The maximum Gasteiger partial charge on any atom is 0.329 e. The van der Waals surface area contributed by atoms with Crippen molar-refractivity contribution in [1.82, 2.24) is 5.32 Å². The van der Waals surface area contributed by atoms with Gasteiger partial charge >= 0.3 is 11.9 Å². The molecule has 2 bridgehead atoms. The number of fused-ring (bicyclic) bond motifs is 2. The van der Waals surface area contributed by atoms with Gasteiger partial charge in [-0.3, -0.25) is 9.59 Å². The molecule has 4 saturated heterocycles. The Labute approximate surface area is 227 Å². The van der Waals surface area contributed by atoms with Crippen LogP contribution in [0.15, 0.2) is 30.3 Å². The van der Waals surface area contributed by atoms with Gasteiger partial charge in [0.15, 0.2) is 17.9 Å². The Balaban J connectivity index is 1.20. The minimum Gasteiger partial charge on any atom is -0.480 e. The fourth-order valence-electron chi connectivity index (χ4n) is 6.77. The lowest BCUT2D eigenvalue weighted by atomic mass is 9.58. The van der Waals surface area contributed by atoms with Crippen molar-refractivity contribution < 1.29 is 48.6 Å². The van der Waals surface area contributed by atoms with Gasteiger partial charge in [-0.2, -0.15) is 0 Å². The van der Waals surface area contributed by atoms with E-state index in [4.69, 9.17) is 24.0 Å². The second-order valence-corrected chi connectivity index (χ2v) is 11.5. The predicted molar refractivity (Wildman–Crippen MR) is 133 cm³/mol. The minimum atomic E-state index is -1.57. The number of ether oxygens (including phenoxy) is 3. The van der Waals surface area contributed by atoms with Crippen LogP contribution in [0.4, 0.5) is 0 Å². The van der Waals surface area contributed by atoms with Gasteiger partial charge in [-0.05, 0) is 43.6 Å². The van der Waals surface area contributed by atoms with Crippen LogP contribution in [0.2, 0.25) is 0 Å². The molecule has 1 aliphatic carbocycles. The van der Waals surface area contributed by atoms with Gasteiger partial charge in [-0.15, -0.1) is 0 Å². The molecule has 39 heavy (non-hydrogen) atoms. The van der Waals surface area contributed by atoms with E-state index in [0.29, 0.717) is 17.9 Å². The first-order chi connectivity index (χ1) is 18.5. The molecule has 4 heterocycles. The van der Waals surface area contributed by atoms with Gasteiger partial charge in [0.05, 0.1) is 6.42 Å². The lowest BCUT2D eigenvalue weighted by Gasteiger charge is -2.59. The highest BCUT2D eigenvalue weighted by Gasteiger charge is 2.69. The van der Waals surface area contributed by atoms with E-state index < -0.39 is 54.0 Å². The SMILES string of the molecule is C[C@H]1[C@H](OC(=O)CCC(=O)N[C@H](C(=O)O)[C@H](O)c2ccccc2)O[C@@H]2O[C@@]3(C)CC[C@H]4[C@H](C)CC[C@@H]1[C@]24OO3. The van der Waals surface area contributed by atoms with Gasteiger partial charge in [-0.25, -0.2) is 14.6 Å². The second-order valence-electron chi connectivity index (χ2n) is 11.5. The molecule has 1 aromatic rings. The van der Waals surface area contributed by atoms with E-state index in [-0.39, 0.29) is 30.6 Å². The third-order valence-electron chi connectivity index (χ3n) is 8.94. The molecule has 0 aromatic heterocycles. The Morgan fingerprint density at radius 2 is 1.82 bits per heavy atom. The first-order valence-electron chi connectivity index (χ1n) is 13.7. The highest BCUT2D eigenvalue weighted by Crippen LogP contribution is 2.60. The number of amides is 1. The van der Waals surface area contributed by atoms with Crippen LogP contribution in [0.5, 0.6) is 0 Å². The molecule has 1 saturated carbocycles. The first-order valence-corrected chi connectivity index (χ1v) is 13.7. The number of aliphatic carboxylic acids is 1. The molecule has 1 amide bonds. The number of hydrogen-bond acceptors (Lipinski definition) is 9. The molecule has 5 fully saturated rings. The molecular formula is C28H37NO10. The molecule has 214 valence electrons. The van der Waals surface area contributed by atoms with Crippen LogP contribution < -0.4 is 5.32 Å². The minimum absolute atomic E-state index is 0.0167. The average Bonchev–Trinajstić information content (AvgIpc) is 3.14. The van der Waals surface area contributed by atoms with Gasteiger partial charge in [0.25, 0.3) is 0 Å². The van der Waals surface area contributed by atoms with Crippen molar-refractivity contribution in [1.29, 1.82) is 0 Å². The Morgan fingerprint density at radius 1 is 1.08 bits per heavy atom. The number of hydrogen-bond donors (Lipinski definition) is 3. The number of aliphatic hydroxyl groups is 1. The molecule has 11 heteroatoms. The summed E-state index contributed by atoms with van der Waals surface area (Å²) in [6.07, 6.45) is -0.297. The predicted octanol–water partition coefficient (Wildman–Crippen LogP) is 2.82. The van der Waals surface area contributed by atoms with E-state index in [0.717, 1.165) is 19.3 Å².